The van der Waals surface area contributed by atoms with Crippen LogP contribution in [0.4, 0.5) is 0 Å². The highest BCUT2D eigenvalue weighted by Gasteiger charge is 2.31. The van der Waals surface area contributed by atoms with Crippen molar-refractivity contribution in [2.75, 3.05) is 13.2 Å². The lowest BCUT2D eigenvalue weighted by molar-refractivity contribution is -0.142. The van der Waals surface area contributed by atoms with Crippen molar-refractivity contribution in [2.45, 2.75) is 46.2 Å². The molecule has 0 aliphatic rings. The number of benzene rings is 3. The van der Waals surface area contributed by atoms with Gasteiger partial charge in [0.25, 0.3) is 5.91 Å². The number of halogens is 1. The van der Waals surface area contributed by atoms with Gasteiger partial charge in [-0.2, -0.15) is 0 Å². The van der Waals surface area contributed by atoms with Crippen LogP contribution in [0.5, 0.6) is 5.75 Å². The van der Waals surface area contributed by atoms with Gasteiger partial charge in [0.1, 0.15) is 11.8 Å². The summed E-state index contributed by atoms with van der Waals surface area (Å²) in [6.45, 7) is 6.53. The van der Waals surface area contributed by atoms with Gasteiger partial charge < -0.3 is 15.0 Å². The fraction of sp³-hybridized carbons (Fsp3) is 0.310. The van der Waals surface area contributed by atoms with Crippen molar-refractivity contribution < 1.29 is 14.3 Å². The van der Waals surface area contributed by atoms with E-state index in [9.17, 15) is 9.59 Å². The number of nitrogens with zero attached hydrogens (tertiary/aromatic N) is 1. The summed E-state index contributed by atoms with van der Waals surface area (Å²) in [5.74, 6) is 0.155. The summed E-state index contributed by atoms with van der Waals surface area (Å²) in [6.07, 6.45) is 1.19. The molecule has 35 heavy (non-hydrogen) atoms. The van der Waals surface area contributed by atoms with Gasteiger partial charge in [0.15, 0.2) is 6.61 Å². The van der Waals surface area contributed by atoms with E-state index in [0.717, 1.165) is 28.7 Å². The monoisotopic (exact) mass is 492 g/mol. The molecule has 0 aromatic heterocycles. The Morgan fingerprint density at radius 3 is 2.29 bits per heavy atom. The molecule has 0 saturated heterocycles. The normalized spacial score (nSPS) is 11.5. The minimum absolute atomic E-state index is 0.181. The Bertz CT molecular complexity index is 1110. The molecule has 2 amide bonds. The first kappa shape index (κ1) is 26.3. The van der Waals surface area contributed by atoms with Crippen LogP contribution in [-0.2, 0) is 22.6 Å². The molecular weight excluding hydrogens is 460 g/mol. The van der Waals surface area contributed by atoms with E-state index < -0.39 is 6.04 Å². The first-order valence-corrected chi connectivity index (χ1v) is 12.3. The summed E-state index contributed by atoms with van der Waals surface area (Å²) >= 11 is 6.44. The van der Waals surface area contributed by atoms with Crippen LogP contribution in [0.25, 0.3) is 0 Å². The summed E-state index contributed by atoms with van der Waals surface area (Å²) in [5.41, 5.74) is 3.86. The Hall–Kier alpha value is -3.31. The van der Waals surface area contributed by atoms with E-state index in [1.807, 2.05) is 87.5 Å². The molecule has 0 aliphatic carbocycles. The molecule has 1 atom stereocenters. The number of hydrogen-bond donors (Lipinski definition) is 1. The van der Waals surface area contributed by atoms with Crippen molar-refractivity contribution in [1.82, 2.24) is 10.2 Å². The highest BCUT2D eigenvalue weighted by Crippen LogP contribution is 2.21. The average molecular weight is 493 g/mol. The molecule has 3 aromatic carbocycles. The maximum atomic E-state index is 13.6. The number of carbonyl (C=O) groups excluding carboxylic acids is 2. The summed E-state index contributed by atoms with van der Waals surface area (Å²) in [6, 6.07) is 22.2. The number of ether oxygens (including phenoxy) is 1. The summed E-state index contributed by atoms with van der Waals surface area (Å²) in [4.78, 5) is 28.5. The van der Waals surface area contributed by atoms with Crippen LogP contribution in [0.1, 0.15) is 35.6 Å². The van der Waals surface area contributed by atoms with Crippen LogP contribution in [-0.4, -0.2) is 35.9 Å². The Morgan fingerprint density at radius 2 is 1.63 bits per heavy atom. The molecule has 0 unspecified atom stereocenters. The van der Waals surface area contributed by atoms with E-state index in [1.54, 1.807) is 11.0 Å². The Balaban J connectivity index is 1.91. The lowest BCUT2D eigenvalue weighted by Gasteiger charge is -2.31. The van der Waals surface area contributed by atoms with Crippen molar-refractivity contribution in [1.29, 1.82) is 0 Å². The molecule has 0 aliphatic heterocycles. The molecular formula is C29H33ClN2O3. The minimum atomic E-state index is -0.712. The topological polar surface area (TPSA) is 58.6 Å². The van der Waals surface area contributed by atoms with Crippen molar-refractivity contribution in [2.24, 2.45) is 0 Å². The van der Waals surface area contributed by atoms with Crippen molar-refractivity contribution >= 4 is 23.4 Å². The van der Waals surface area contributed by atoms with Crippen molar-refractivity contribution in [3.05, 3.63) is 100 Å². The average Bonchev–Trinajstić information content (AvgIpc) is 2.84. The predicted molar refractivity (Wildman–Crippen MR) is 141 cm³/mol. The van der Waals surface area contributed by atoms with Crippen LogP contribution in [0.2, 0.25) is 5.02 Å². The minimum Gasteiger partial charge on any atom is -0.484 e. The molecule has 1 N–H and O–H groups in total. The van der Waals surface area contributed by atoms with Crippen molar-refractivity contribution in [3.8, 4) is 5.75 Å². The number of nitrogens with one attached hydrogen (secondary N) is 1. The van der Waals surface area contributed by atoms with E-state index in [-0.39, 0.29) is 25.0 Å². The number of amides is 2. The molecule has 184 valence electrons. The number of rotatable bonds is 11. The standard InChI is InChI=1S/C29H33ClN2O3/c1-4-14-31-29(34)27(18-23-10-6-5-7-11-23)32(19-24-12-8-9-13-26(24)30)28(33)20-35-25-16-21(2)15-22(3)17-25/h5-13,15-17,27H,4,14,18-20H2,1-3H3,(H,31,34)/t27-/m0/s1. The third kappa shape index (κ3) is 7.86. The zero-order valence-corrected chi connectivity index (χ0v) is 21.3. The molecule has 0 spiro atoms. The highest BCUT2D eigenvalue weighted by molar-refractivity contribution is 6.31. The van der Waals surface area contributed by atoms with Gasteiger partial charge in [0, 0.05) is 24.5 Å². The molecule has 0 radical (unpaired) electrons. The third-order valence-electron chi connectivity index (χ3n) is 5.68. The van der Waals surface area contributed by atoms with Crippen LogP contribution >= 0.6 is 11.6 Å². The van der Waals surface area contributed by atoms with Gasteiger partial charge in [0.05, 0.1) is 0 Å². The van der Waals surface area contributed by atoms with E-state index in [1.165, 1.54) is 0 Å². The maximum absolute atomic E-state index is 13.6. The second-order valence-electron chi connectivity index (χ2n) is 8.72. The smallest absolute Gasteiger partial charge is 0.261 e. The zero-order valence-electron chi connectivity index (χ0n) is 20.6. The van der Waals surface area contributed by atoms with Crippen LogP contribution in [0.3, 0.4) is 0 Å². The second-order valence-corrected chi connectivity index (χ2v) is 9.13. The fourth-order valence-corrected chi connectivity index (χ4v) is 4.17. The lowest BCUT2D eigenvalue weighted by Crippen LogP contribution is -2.51. The molecule has 6 heteroatoms. The number of hydrogen-bond acceptors (Lipinski definition) is 3. The SMILES string of the molecule is CCCNC(=O)[C@H](Cc1ccccc1)N(Cc1ccccc1Cl)C(=O)COc1cc(C)cc(C)c1. The lowest BCUT2D eigenvalue weighted by atomic mass is 10.0. The van der Waals surface area contributed by atoms with Crippen molar-refractivity contribution in [3.63, 3.8) is 0 Å². The molecule has 0 heterocycles. The van der Waals surface area contributed by atoms with E-state index in [2.05, 4.69) is 5.32 Å². The second kappa shape index (κ2) is 13.0. The van der Waals surface area contributed by atoms with E-state index in [0.29, 0.717) is 23.7 Å². The van der Waals surface area contributed by atoms with Crippen LogP contribution in [0, 0.1) is 13.8 Å². The van der Waals surface area contributed by atoms with Crippen LogP contribution < -0.4 is 10.1 Å². The highest BCUT2D eigenvalue weighted by atomic mass is 35.5. The predicted octanol–water partition coefficient (Wildman–Crippen LogP) is 5.50. The van der Waals surface area contributed by atoms with E-state index in [4.69, 9.17) is 16.3 Å². The Kier molecular flexibility index (Phi) is 9.74. The van der Waals surface area contributed by atoms with Crippen LogP contribution in [0.15, 0.2) is 72.8 Å². The zero-order chi connectivity index (χ0) is 25.2. The van der Waals surface area contributed by atoms with E-state index >= 15 is 0 Å². The summed E-state index contributed by atoms with van der Waals surface area (Å²) in [7, 11) is 0. The van der Waals surface area contributed by atoms with Gasteiger partial charge in [-0.05, 0) is 60.7 Å². The molecule has 3 rings (SSSR count). The van der Waals surface area contributed by atoms with Gasteiger partial charge in [0.2, 0.25) is 5.91 Å². The van der Waals surface area contributed by atoms with Gasteiger partial charge in [-0.3, -0.25) is 9.59 Å². The maximum Gasteiger partial charge on any atom is 0.261 e. The molecule has 3 aromatic rings. The van der Waals surface area contributed by atoms with Gasteiger partial charge >= 0.3 is 0 Å². The summed E-state index contributed by atoms with van der Waals surface area (Å²) < 4.78 is 5.88. The first-order chi connectivity index (χ1) is 16.9. The Morgan fingerprint density at radius 1 is 0.971 bits per heavy atom. The largest absolute Gasteiger partial charge is 0.484 e. The van der Waals surface area contributed by atoms with Gasteiger partial charge in [-0.1, -0.05) is 73.1 Å². The van der Waals surface area contributed by atoms with Gasteiger partial charge in [-0.15, -0.1) is 0 Å². The fourth-order valence-electron chi connectivity index (χ4n) is 3.97. The molecule has 5 nitrogen and oxygen atoms in total. The summed E-state index contributed by atoms with van der Waals surface area (Å²) in [5, 5.41) is 3.52. The molecule has 0 fully saturated rings. The molecule has 0 bridgehead atoms. The molecule has 0 saturated carbocycles. The quantitative estimate of drug-likeness (QED) is 0.384. The van der Waals surface area contributed by atoms with Gasteiger partial charge in [-0.25, -0.2) is 0 Å². The third-order valence-corrected chi connectivity index (χ3v) is 6.05. The Labute approximate surface area is 213 Å². The first-order valence-electron chi connectivity index (χ1n) is 11.9. The number of aryl methyl sites for hydroxylation is 2. The number of carbonyl (C=O) groups is 2.